The molecule has 0 heterocycles. The summed E-state index contributed by atoms with van der Waals surface area (Å²) in [6.45, 7) is 20.3. The highest BCUT2D eigenvalue weighted by atomic mass is 32.2. The molecular formula is C50H100N2O5S. The summed E-state index contributed by atoms with van der Waals surface area (Å²) in [4.78, 5) is 31.0. The van der Waals surface area contributed by atoms with Crippen LogP contribution in [0.2, 0.25) is 0 Å². The third kappa shape index (κ3) is 35.9. The van der Waals surface area contributed by atoms with Gasteiger partial charge >= 0.3 is 11.9 Å². The molecule has 0 amide bonds. The number of nitrogens with zero attached hydrogens (tertiary/aromatic N) is 2. The van der Waals surface area contributed by atoms with Crippen molar-refractivity contribution in [2.24, 2.45) is 11.8 Å². The lowest BCUT2D eigenvalue weighted by atomic mass is 9.94. The van der Waals surface area contributed by atoms with Crippen LogP contribution < -0.4 is 0 Å². The number of carbonyl (C=O) groups is 2. The van der Waals surface area contributed by atoms with Gasteiger partial charge in [-0.3, -0.25) is 9.59 Å². The molecule has 0 spiro atoms. The maximum Gasteiger partial charge on any atom is 0.308 e. The van der Waals surface area contributed by atoms with Crippen LogP contribution in [0.1, 0.15) is 228 Å². The fraction of sp³-hybridized carbons (Fsp3) is 0.960. The van der Waals surface area contributed by atoms with Crippen LogP contribution in [0.3, 0.4) is 0 Å². The van der Waals surface area contributed by atoms with Crippen LogP contribution in [0.4, 0.5) is 0 Å². The van der Waals surface area contributed by atoms with Crippen LogP contribution in [0, 0.1) is 11.8 Å². The number of aliphatic hydroxyl groups is 1. The molecule has 0 saturated carbocycles. The van der Waals surface area contributed by atoms with Crippen molar-refractivity contribution >= 4 is 23.7 Å². The van der Waals surface area contributed by atoms with E-state index in [2.05, 4.69) is 51.3 Å². The summed E-state index contributed by atoms with van der Waals surface area (Å²) in [7, 11) is 0. The topological polar surface area (TPSA) is 79.3 Å². The molecule has 0 rings (SSSR count). The van der Waals surface area contributed by atoms with Gasteiger partial charge in [-0.15, -0.1) is 0 Å². The fourth-order valence-electron chi connectivity index (χ4n) is 8.06. The Bertz CT molecular complexity index is 875. The van der Waals surface area contributed by atoms with Gasteiger partial charge in [0, 0.05) is 18.1 Å². The average Bonchev–Trinajstić information content (AvgIpc) is 3.22. The van der Waals surface area contributed by atoms with Gasteiger partial charge in [0.15, 0.2) is 0 Å². The van der Waals surface area contributed by atoms with Crippen molar-refractivity contribution in [2.75, 3.05) is 64.0 Å². The van der Waals surface area contributed by atoms with Crippen molar-refractivity contribution in [1.29, 1.82) is 0 Å². The first-order valence-corrected chi connectivity index (χ1v) is 26.6. The summed E-state index contributed by atoms with van der Waals surface area (Å²) in [6, 6.07) is 0. The molecular weight excluding hydrogens is 741 g/mol. The molecule has 0 aromatic carbocycles. The minimum absolute atomic E-state index is 0.00533. The normalized spacial score (nSPS) is 13.3. The molecule has 0 saturated heterocycles. The monoisotopic (exact) mass is 841 g/mol. The van der Waals surface area contributed by atoms with Gasteiger partial charge in [0.1, 0.15) is 6.61 Å². The molecule has 0 aliphatic heterocycles. The lowest BCUT2D eigenvalue weighted by molar-refractivity contribution is -0.149. The second kappa shape index (κ2) is 44.2. The molecule has 8 heteroatoms. The van der Waals surface area contributed by atoms with E-state index in [4.69, 9.17) is 9.47 Å². The van der Waals surface area contributed by atoms with Crippen molar-refractivity contribution in [3.05, 3.63) is 0 Å². The van der Waals surface area contributed by atoms with Gasteiger partial charge in [0.05, 0.1) is 24.5 Å². The summed E-state index contributed by atoms with van der Waals surface area (Å²) in [5.74, 6) is 1.54. The van der Waals surface area contributed by atoms with Gasteiger partial charge in [0.2, 0.25) is 0 Å². The lowest BCUT2D eigenvalue weighted by Crippen LogP contribution is -2.37. The van der Waals surface area contributed by atoms with Crippen LogP contribution in [-0.2, 0) is 19.1 Å². The molecule has 0 aromatic rings. The number of thioether (sulfide) groups is 1. The number of carbonyl (C=O) groups excluding carboxylic acids is 2. The Kier molecular flexibility index (Phi) is 43.6. The Morgan fingerprint density at radius 1 is 0.466 bits per heavy atom. The summed E-state index contributed by atoms with van der Waals surface area (Å²) in [5.41, 5.74) is 0. The predicted octanol–water partition coefficient (Wildman–Crippen LogP) is 13.4. The van der Waals surface area contributed by atoms with Crippen molar-refractivity contribution in [1.82, 2.24) is 9.80 Å². The molecule has 3 atom stereocenters. The number of ether oxygens (including phenoxy) is 2. The first kappa shape index (κ1) is 57.2. The Balaban J connectivity index is 4.70. The molecule has 0 fully saturated rings. The van der Waals surface area contributed by atoms with Gasteiger partial charge < -0.3 is 24.4 Å². The molecule has 0 aliphatic rings. The molecule has 0 aromatic heterocycles. The molecule has 1 N–H and O–H groups in total. The fourth-order valence-corrected chi connectivity index (χ4v) is 8.81. The van der Waals surface area contributed by atoms with E-state index < -0.39 is 6.10 Å². The second-order valence-corrected chi connectivity index (χ2v) is 18.5. The summed E-state index contributed by atoms with van der Waals surface area (Å²) in [5, 5.41) is 11.1. The zero-order chi connectivity index (χ0) is 42.7. The van der Waals surface area contributed by atoms with Crippen LogP contribution >= 0.6 is 11.8 Å². The van der Waals surface area contributed by atoms with E-state index in [-0.39, 0.29) is 23.8 Å². The SMILES string of the molecule is CCCCCCCCC(CCCCCC)C(=O)OCCCCCCN(CCCN(CC)CC)CC(O)CSCCOC(=O)C(CCCCCC)CCCCCCCC. The number of unbranched alkanes of at least 4 members (excludes halogenated alkanes) is 19. The van der Waals surface area contributed by atoms with Crippen molar-refractivity contribution < 1.29 is 24.2 Å². The zero-order valence-corrected chi connectivity index (χ0v) is 40.5. The lowest BCUT2D eigenvalue weighted by Gasteiger charge is -2.26. The minimum Gasteiger partial charge on any atom is -0.465 e. The Hall–Kier alpha value is -0.830. The predicted molar refractivity (Wildman–Crippen MR) is 253 cm³/mol. The number of rotatable bonds is 46. The highest BCUT2D eigenvalue weighted by molar-refractivity contribution is 7.99. The number of hydrogen-bond acceptors (Lipinski definition) is 8. The van der Waals surface area contributed by atoms with Gasteiger partial charge in [-0.25, -0.2) is 0 Å². The van der Waals surface area contributed by atoms with Crippen LogP contribution in [0.25, 0.3) is 0 Å². The summed E-state index contributed by atoms with van der Waals surface area (Å²) < 4.78 is 11.7. The van der Waals surface area contributed by atoms with E-state index >= 15 is 0 Å². The second-order valence-electron chi connectivity index (χ2n) is 17.4. The quantitative estimate of drug-likeness (QED) is 0.0480. The van der Waals surface area contributed by atoms with Crippen LogP contribution in [0.5, 0.6) is 0 Å². The van der Waals surface area contributed by atoms with Gasteiger partial charge in [0.25, 0.3) is 0 Å². The maximum atomic E-state index is 13.1. The van der Waals surface area contributed by atoms with Gasteiger partial charge in [-0.05, 0) is 77.7 Å². The highest BCUT2D eigenvalue weighted by Gasteiger charge is 2.21. The van der Waals surface area contributed by atoms with E-state index in [1.54, 1.807) is 11.8 Å². The summed E-state index contributed by atoms with van der Waals surface area (Å²) in [6.07, 6.45) is 33.4. The number of esters is 2. The van der Waals surface area contributed by atoms with Gasteiger partial charge in [-0.1, -0.05) is 183 Å². The highest BCUT2D eigenvalue weighted by Crippen LogP contribution is 2.22. The number of aliphatic hydroxyl groups excluding tert-OH is 1. The molecule has 3 unspecified atom stereocenters. The third-order valence-corrected chi connectivity index (χ3v) is 13.1. The smallest absolute Gasteiger partial charge is 0.308 e. The Morgan fingerprint density at radius 2 is 0.845 bits per heavy atom. The van der Waals surface area contributed by atoms with Crippen molar-refractivity contribution in [3.8, 4) is 0 Å². The molecule has 7 nitrogen and oxygen atoms in total. The summed E-state index contributed by atoms with van der Waals surface area (Å²) >= 11 is 1.70. The van der Waals surface area contributed by atoms with Crippen molar-refractivity contribution in [2.45, 2.75) is 234 Å². The third-order valence-electron chi connectivity index (χ3n) is 12.0. The first-order chi connectivity index (χ1) is 28.4. The van der Waals surface area contributed by atoms with Crippen LogP contribution in [0.15, 0.2) is 0 Å². The maximum absolute atomic E-state index is 13.1. The zero-order valence-electron chi connectivity index (χ0n) is 39.7. The molecule has 0 bridgehead atoms. The van der Waals surface area contributed by atoms with E-state index in [0.717, 1.165) is 122 Å². The molecule has 0 aliphatic carbocycles. The number of hydrogen-bond donors (Lipinski definition) is 1. The average molecular weight is 841 g/mol. The van der Waals surface area contributed by atoms with E-state index in [0.29, 0.717) is 25.5 Å². The van der Waals surface area contributed by atoms with E-state index in [1.807, 2.05) is 0 Å². The van der Waals surface area contributed by atoms with Gasteiger partial charge in [-0.2, -0.15) is 11.8 Å². The molecule has 0 radical (unpaired) electrons. The first-order valence-electron chi connectivity index (χ1n) is 25.4. The standard InChI is InChI=1S/C50H100N2O5S/c1-7-13-17-21-23-29-36-46(34-27-19-15-9-3)49(54)56-41-32-26-25-31-38-52(40-33-39-51(11-5)12-6)44-48(53)45-58-43-42-57-50(55)47(35-28-20-16-10-4)37-30-24-22-18-14-8-2/h46-48,53H,7-45H2,1-6H3. The Morgan fingerprint density at radius 3 is 1.33 bits per heavy atom. The van der Waals surface area contributed by atoms with Crippen LogP contribution in [-0.4, -0.2) is 96.9 Å². The minimum atomic E-state index is -0.404. The van der Waals surface area contributed by atoms with Crippen molar-refractivity contribution in [3.63, 3.8) is 0 Å². The molecule has 58 heavy (non-hydrogen) atoms. The largest absolute Gasteiger partial charge is 0.465 e. The van der Waals surface area contributed by atoms with E-state index in [9.17, 15) is 14.7 Å². The molecule has 346 valence electrons. The Labute approximate surface area is 366 Å². The van der Waals surface area contributed by atoms with E-state index in [1.165, 1.54) is 103 Å².